The standard InChI is InChI=1S/C21H21N3O3/c25-19(15-8-7-13-4-1-2-5-14(13)10-15)22-16-11-18-21(27)23-9-3-6-17(23)20(26)24(18)12-16/h1-2,4-5,7-8,10,16-18H,3,6,9,11-12H2,(H,22,25)/t16-,17+,18-/m0/s1. The van der Waals surface area contributed by atoms with E-state index < -0.39 is 6.04 Å². The summed E-state index contributed by atoms with van der Waals surface area (Å²) in [5, 5.41) is 5.12. The normalized spacial score (nSPS) is 27.0. The van der Waals surface area contributed by atoms with Crippen LogP contribution < -0.4 is 5.32 Å². The predicted octanol–water partition coefficient (Wildman–Crippen LogP) is 1.54. The summed E-state index contributed by atoms with van der Waals surface area (Å²) in [4.78, 5) is 41.5. The topological polar surface area (TPSA) is 69.7 Å². The Morgan fingerprint density at radius 1 is 0.963 bits per heavy atom. The second kappa shape index (κ2) is 6.08. The van der Waals surface area contributed by atoms with Crippen molar-refractivity contribution in [3.05, 3.63) is 48.0 Å². The fourth-order valence-electron chi connectivity index (χ4n) is 4.69. The van der Waals surface area contributed by atoms with Gasteiger partial charge in [-0.05, 0) is 42.2 Å². The van der Waals surface area contributed by atoms with E-state index in [2.05, 4.69) is 5.32 Å². The van der Waals surface area contributed by atoms with Crippen molar-refractivity contribution in [2.45, 2.75) is 37.4 Å². The van der Waals surface area contributed by atoms with Crippen LogP contribution in [0.1, 0.15) is 29.6 Å². The molecule has 3 amide bonds. The highest BCUT2D eigenvalue weighted by atomic mass is 16.2. The summed E-state index contributed by atoms with van der Waals surface area (Å²) < 4.78 is 0. The molecule has 3 heterocycles. The van der Waals surface area contributed by atoms with Gasteiger partial charge in [0, 0.05) is 24.7 Å². The second-order valence-electron chi connectivity index (χ2n) is 7.66. The van der Waals surface area contributed by atoms with E-state index in [1.807, 2.05) is 42.5 Å². The molecule has 0 saturated carbocycles. The molecule has 3 saturated heterocycles. The maximum Gasteiger partial charge on any atom is 0.251 e. The molecule has 3 fully saturated rings. The van der Waals surface area contributed by atoms with Gasteiger partial charge in [-0.25, -0.2) is 0 Å². The molecule has 0 aliphatic carbocycles. The van der Waals surface area contributed by atoms with E-state index in [4.69, 9.17) is 0 Å². The number of fused-ring (bicyclic) bond motifs is 3. The van der Waals surface area contributed by atoms with Crippen molar-refractivity contribution in [3.63, 3.8) is 0 Å². The zero-order chi connectivity index (χ0) is 18.5. The third kappa shape index (κ3) is 2.59. The van der Waals surface area contributed by atoms with E-state index >= 15 is 0 Å². The molecule has 27 heavy (non-hydrogen) atoms. The number of hydrogen-bond acceptors (Lipinski definition) is 3. The second-order valence-corrected chi connectivity index (χ2v) is 7.66. The van der Waals surface area contributed by atoms with Gasteiger partial charge in [-0.15, -0.1) is 0 Å². The zero-order valence-corrected chi connectivity index (χ0v) is 14.9. The highest BCUT2D eigenvalue weighted by Gasteiger charge is 2.51. The van der Waals surface area contributed by atoms with Gasteiger partial charge in [-0.1, -0.05) is 30.3 Å². The van der Waals surface area contributed by atoms with E-state index in [-0.39, 0.29) is 29.8 Å². The molecule has 3 aliphatic rings. The lowest BCUT2D eigenvalue weighted by molar-refractivity contribution is -0.156. The molecule has 5 rings (SSSR count). The molecule has 0 spiro atoms. The third-order valence-electron chi connectivity index (χ3n) is 6.04. The van der Waals surface area contributed by atoms with Crippen LogP contribution in [0.5, 0.6) is 0 Å². The maximum absolute atomic E-state index is 12.7. The van der Waals surface area contributed by atoms with Crippen LogP contribution >= 0.6 is 0 Å². The lowest BCUT2D eigenvalue weighted by atomic mass is 10.0. The van der Waals surface area contributed by atoms with Gasteiger partial charge < -0.3 is 15.1 Å². The Bertz CT molecular complexity index is 927. The SMILES string of the molecule is O=C(N[C@H]1C[C@H]2C(=O)N3CCC[C@@H]3C(=O)N2C1)c1ccc2ccccc2c1. The summed E-state index contributed by atoms with van der Waals surface area (Å²) in [7, 11) is 0. The Kier molecular flexibility index (Phi) is 3.67. The van der Waals surface area contributed by atoms with Crippen molar-refractivity contribution in [2.24, 2.45) is 0 Å². The number of nitrogens with zero attached hydrogens (tertiary/aromatic N) is 2. The summed E-state index contributed by atoms with van der Waals surface area (Å²) in [6, 6.07) is 12.6. The highest BCUT2D eigenvalue weighted by molar-refractivity contribution is 6.00. The quantitative estimate of drug-likeness (QED) is 0.880. The van der Waals surface area contributed by atoms with Gasteiger partial charge >= 0.3 is 0 Å². The van der Waals surface area contributed by atoms with Crippen LogP contribution in [0.15, 0.2) is 42.5 Å². The summed E-state index contributed by atoms with van der Waals surface area (Å²) in [5.74, 6) is -0.0786. The minimum absolute atomic E-state index is 0.0413. The molecule has 6 heteroatoms. The molecule has 3 atom stereocenters. The van der Waals surface area contributed by atoms with Crippen molar-refractivity contribution < 1.29 is 14.4 Å². The highest BCUT2D eigenvalue weighted by Crippen LogP contribution is 2.32. The van der Waals surface area contributed by atoms with Gasteiger partial charge in [-0.3, -0.25) is 14.4 Å². The summed E-state index contributed by atoms with van der Waals surface area (Å²) in [5.41, 5.74) is 0.594. The van der Waals surface area contributed by atoms with Crippen LogP contribution in [0.2, 0.25) is 0 Å². The fourth-order valence-corrected chi connectivity index (χ4v) is 4.69. The number of hydrogen-bond donors (Lipinski definition) is 1. The number of piperazine rings is 1. The fraction of sp³-hybridized carbons (Fsp3) is 0.381. The summed E-state index contributed by atoms with van der Waals surface area (Å²) >= 11 is 0. The molecule has 1 N–H and O–H groups in total. The van der Waals surface area contributed by atoms with Gasteiger partial charge in [0.05, 0.1) is 0 Å². The lowest BCUT2D eigenvalue weighted by Gasteiger charge is -2.38. The molecule has 3 aliphatic heterocycles. The van der Waals surface area contributed by atoms with Gasteiger partial charge in [0.25, 0.3) is 5.91 Å². The van der Waals surface area contributed by atoms with Gasteiger partial charge in [0.1, 0.15) is 12.1 Å². The van der Waals surface area contributed by atoms with Crippen LogP contribution in [0.25, 0.3) is 10.8 Å². The Balaban J connectivity index is 1.32. The van der Waals surface area contributed by atoms with Crippen LogP contribution in [0.4, 0.5) is 0 Å². The molecule has 138 valence electrons. The van der Waals surface area contributed by atoms with E-state index in [0.29, 0.717) is 25.1 Å². The Hall–Kier alpha value is -2.89. The van der Waals surface area contributed by atoms with Crippen molar-refractivity contribution in [1.29, 1.82) is 0 Å². The Morgan fingerprint density at radius 2 is 1.74 bits per heavy atom. The first kappa shape index (κ1) is 16.3. The largest absolute Gasteiger partial charge is 0.347 e. The first-order valence-electron chi connectivity index (χ1n) is 9.52. The van der Waals surface area contributed by atoms with E-state index in [0.717, 1.165) is 23.6 Å². The third-order valence-corrected chi connectivity index (χ3v) is 6.04. The monoisotopic (exact) mass is 363 g/mol. The van der Waals surface area contributed by atoms with Gasteiger partial charge in [-0.2, -0.15) is 0 Å². The summed E-state index contributed by atoms with van der Waals surface area (Å²) in [6.07, 6.45) is 2.14. The van der Waals surface area contributed by atoms with Crippen LogP contribution in [0.3, 0.4) is 0 Å². The first-order valence-corrected chi connectivity index (χ1v) is 9.52. The maximum atomic E-state index is 12.7. The average molecular weight is 363 g/mol. The van der Waals surface area contributed by atoms with E-state index in [1.165, 1.54) is 0 Å². The molecule has 2 aromatic carbocycles. The first-order chi connectivity index (χ1) is 13.1. The minimum Gasteiger partial charge on any atom is -0.347 e. The van der Waals surface area contributed by atoms with Crippen molar-refractivity contribution in [1.82, 2.24) is 15.1 Å². The average Bonchev–Trinajstić information content (AvgIpc) is 3.33. The predicted molar refractivity (Wildman–Crippen MR) is 100 cm³/mol. The molecular weight excluding hydrogens is 342 g/mol. The Morgan fingerprint density at radius 3 is 2.59 bits per heavy atom. The lowest BCUT2D eigenvalue weighted by Crippen LogP contribution is -2.60. The number of carbonyl (C=O) groups is 3. The van der Waals surface area contributed by atoms with E-state index in [1.54, 1.807) is 9.80 Å². The van der Waals surface area contributed by atoms with Crippen molar-refractivity contribution >= 4 is 28.5 Å². The number of carbonyl (C=O) groups excluding carboxylic acids is 3. The molecule has 0 unspecified atom stereocenters. The number of rotatable bonds is 2. The van der Waals surface area contributed by atoms with Crippen molar-refractivity contribution in [3.8, 4) is 0 Å². The number of benzene rings is 2. The minimum atomic E-state index is -0.422. The smallest absolute Gasteiger partial charge is 0.251 e. The number of nitrogens with one attached hydrogen (secondary N) is 1. The van der Waals surface area contributed by atoms with Crippen LogP contribution in [-0.2, 0) is 9.59 Å². The molecule has 0 bridgehead atoms. The number of amides is 3. The Labute approximate surface area is 157 Å². The molecule has 6 nitrogen and oxygen atoms in total. The van der Waals surface area contributed by atoms with Crippen LogP contribution in [0, 0.1) is 0 Å². The van der Waals surface area contributed by atoms with Crippen molar-refractivity contribution in [2.75, 3.05) is 13.1 Å². The van der Waals surface area contributed by atoms with E-state index in [9.17, 15) is 14.4 Å². The van der Waals surface area contributed by atoms with Gasteiger partial charge in [0.15, 0.2) is 0 Å². The van der Waals surface area contributed by atoms with Crippen LogP contribution in [-0.4, -0.2) is 58.7 Å². The molecular formula is C21H21N3O3. The zero-order valence-electron chi connectivity index (χ0n) is 14.9. The molecule has 0 radical (unpaired) electrons. The molecule has 0 aromatic heterocycles. The summed E-state index contributed by atoms with van der Waals surface area (Å²) in [6.45, 7) is 1.09. The van der Waals surface area contributed by atoms with Gasteiger partial charge in [0.2, 0.25) is 11.8 Å². The molecule has 2 aromatic rings.